The number of pyridine rings is 1. The van der Waals surface area contributed by atoms with Gasteiger partial charge in [-0.2, -0.15) is 13.2 Å². The van der Waals surface area contributed by atoms with Crippen LogP contribution in [0.3, 0.4) is 0 Å². The van der Waals surface area contributed by atoms with Crippen molar-refractivity contribution in [3.63, 3.8) is 0 Å². The molecule has 0 bridgehead atoms. The summed E-state index contributed by atoms with van der Waals surface area (Å²) in [5.41, 5.74) is 2.81. The Balaban J connectivity index is 2.09. The minimum absolute atomic E-state index is 0.609. The average molecular weight is 291 g/mol. The Kier molecular flexibility index (Phi) is 4.46. The predicted octanol–water partition coefficient (Wildman–Crippen LogP) is 4.97. The standard InChI is InChI=1S/C17H16F3N/c1-12-6-9-16(21-11-12)5-3-4-14-7-8-15(10-13(14)2)17(18,19)20/h3-4,6-11H,5H2,1-2H3/b4-3+. The van der Waals surface area contributed by atoms with Crippen molar-refractivity contribution in [3.05, 3.63) is 70.6 Å². The van der Waals surface area contributed by atoms with Crippen LogP contribution in [0.1, 0.15) is 27.9 Å². The second-order valence-corrected chi connectivity index (χ2v) is 5.00. The van der Waals surface area contributed by atoms with Gasteiger partial charge in [0.15, 0.2) is 0 Å². The van der Waals surface area contributed by atoms with Gasteiger partial charge in [-0.05, 0) is 48.7 Å². The average Bonchev–Trinajstić information content (AvgIpc) is 2.41. The van der Waals surface area contributed by atoms with Gasteiger partial charge < -0.3 is 0 Å². The smallest absolute Gasteiger partial charge is 0.261 e. The summed E-state index contributed by atoms with van der Waals surface area (Å²) in [6, 6.07) is 7.71. The molecule has 0 unspecified atom stereocenters. The molecule has 0 saturated carbocycles. The summed E-state index contributed by atoms with van der Waals surface area (Å²) in [4.78, 5) is 4.28. The van der Waals surface area contributed by atoms with Crippen LogP contribution >= 0.6 is 0 Å². The van der Waals surface area contributed by atoms with Gasteiger partial charge in [0.05, 0.1) is 5.56 Å². The van der Waals surface area contributed by atoms with E-state index in [0.29, 0.717) is 12.0 Å². The fraction of sp³-hybridized carbons (Fsp3) is 0.235. The molecule has 0 radical (unpaired) electrons. The first-order chi connectivity index (χ1) is 9.86. The minimum atomic E-state index is -4.29. The molecule has 1 aromatic heterocycles. The van der Waals surface area contributed by atoms with Crippen molar-refractivity contribution in [2.24, 2.45) is 0 Å². The second-order valence-electron chi connectivity index (χ2n) is 5.00. The van der Waals surface area contributed by atoms with E-state index in [9.17, 15) is 13.2 Å². The van der Waals surface area contributed by atoms with Gasteiger partial charge in [-0.3, -0.25) is 4.98 Å². The van der Waals surface area contributed by atoms with Crippen molar-refractivity contribution in [3.8, 4) is 0 Å². The molecule has 0 amide bonds. The number of hydrogen-bond acceptors (Lipinski definition) is 1. The van der Waals surface area contributed by atoms with Gasteiger partial charge in [-0.1, -0.05) is 24.3 Å². The van der Waals surface area contributed by atoms with E-state index in [1.165, 1.54) is 12.1 Å². The first kappa shape index (κ1) is 15.3. The normalized spacial score (nSPS) is 12.0. The fourth-order valence-corrected chi connectivity index (χ4v) is 1.96. The molecule has 2 aromatic rings. The summed E-state index contributed by atoms with van der Waals surface area (Å²) >= 11 is 0. The lowest BCUT2D eigenvalue weighted by atomic mass is 10.0. The van der Waals surface area contributed by atoms with E-state index in [0.717, 1.165) is 22.9 Å². The zero-order valence-corrected chi connectivity index (χ0v) is 11.9. The van der Waals surface area contributed by atoms with E-state index in [1.54, 1.807) is 13.1 Å². The maximum Gasteiger partial charge on any atom is 0.416 e. The first-order valence-electron chi connectivity index (χ1n) is 6.62. The summed E-state index contributed by atoms with van der Waals surface area (Å²) in [5.74, 6) is 0. The molecule has 110 valence electrons. The molecule has 0 N–H and O–H groups in total. The number of alkyl halides is 3. The van der Waals surface area contributed by atoms with E-state index >= 15 is 0 Å². The molecule has 0 aliphatic heterocycles. The van der Waals surface area contributed by atoms with Crippen LogP contribution in [0, 0.1) is 13.8 Å². The van der Waals surface area contributed by atoms with E-state index in [1.807, 2.05) is 31.2 Å². The van der Waals surface area contributed by atoms with Gasteiger partial charge in [-0.25, -0.2) is 0 Å². The van der Waals surface area contributed by atoms with E-state index in [4.69, 9.17) is 0 Å². The Bertz CT molecular complexity index is 640. The SMILES string of the molecule is Cc1ccc(C/C=C/c2ccc(C(F)(F)F)cc2C)nc1. The van der Waals surface area contributed by atoms with Crippen LogP contribution in [0.4, 0.5) is 13.2 Å². The van der Waals surface area contributed by atoms with Gasteiger partial charge in [0, 0.05) is 18.3 Å². The van der Waals surface area contributed by atoms with Crippen LogP contribution < -0.4 is 0 Å². The summed E-state index contributed by atoms with van der Waals surface area (Å²) in [7, 11) is 0. The molecule has 0 aliphatic carbocycles. The number of nitrogens with zero attached hydrogens (tertiary/aromatic N) is 1. The van der Waals surface area contributed by atoms with Gasteiger partial charge in [0.2, 0.25) is 0 Å². The number of halogens is 3. The highest BCUT2D eigenvalue weighted by molar-refractivity contribution is 5.54. The highest BCUT2D eigenvalue weighted by atomic mass is 19.4. The highest BCUT2D eigenvalue weighted by Crippen LogP contribution is 2.30. The quantitative estimate of drug-likeness (QED) is 0.777. The lowest BCUT2D eigenvalue weighted by Gasteiger charge is -2.09. The first-order valence-corrected chi connectivity index (χ1v) is 6.62. The molecule has 0 saturated heterocycles. The van der Waals surface area contributed by atoms with Gasteiger partial charge in [0.25, 0.3) is 0 Å². The summed E-state index contributed by atoms with van der Waals surface area (Å²) < 4.78 is 37.7. The molecule has 0 aliphatic rings. The van der Waals surface area contributed by atoms with Gasteiger partial charge in [0.1, 0.15) is 0 Å². The number of allylic oxidation sites excluding steroid dienone is 1. The van der Waals surface area contributed by atoms with Crippen molar-refractivity contribution in [1.29, 1.82) is 0 Å². The molecule has 1 nitrogen and oxygen atoms in total. The van der Waals surface area contributed by atoms with Crippen LogP contribution in [0.15, 0.2) is 42.6 Å². The molecule has 1 aromatic carbocycles. The predicted molar refractivity (Wildman–Crippen MR) is 77.9 cm³/mol. The monoisotopic (exact) mass is 291 g/mol. The van der Waals surface area contributed by atoms with E-state index in [-0.39, 0.29) is 0 Å². The molecule has 0 atom stereocenters. The molecular weight excluding hydrogens is 275 g/mol. The largest absolute Gasteiger partial charge is 0.416 e. The van der Waals surface area contributed by atoms with Crippen LogP contribution in [-0.2, 0) is 12.6 Å². The van der Waals surface area contributed by atoms with Crippen molar-refractivity contribution in [2.75, 3.05) is 0 Å². The Hall–Kier alpha value is -2.10. The molecule has 4 heteroatoms. The highest BCUT2D eigenvalue weighted by Gasteiger charge is 2.30. The lowest BCUT2D eigenvalue weighted by Crippen LogP contribution is -2.05. The van der Waals surface area contributed by atoms with Crippen LogP contribution in [0.5, 0.6) is 0 Å². The third kappa shape index (κ3) is 4.18. The van der Waals surface area contributed by atoms with Gasteiger partial charge >= 0.3 is 6.18 Å². The zero-order chi connectivity index (χ0) is 15.5. The number of aromatic nitrogens is 1. The van der Waals surface area contributed by atoms with E-state index < -0.39 is 11.7 Å². The Labute approximate surface area is 122 Å². The third-order valence-corrected chi connectivity index (χ3v) is 3.19. The third-order valence-electron chi connectivity index (χ3n) is 3.19. The van der Waals surface area contributed by atoms with Gasteiger partial charge in [-0.15, -0.1) is 0 Å². The Morgan fingerprint density at radius 1 is 1.10 bits per heavy atom. The molecule has 0 spiro atoms. The van der Waals surface area contributed by atoms with Crippen molar-refractivity contribution >= 4 is 6.08 Å². The summed E-state index contributed by atoms with van der Waals surface area (Å²) in [5, 5.41) is 0. The maximum atomic E-state index is 12.6. The summed E-state index contributed by atoms with van der Waals surface area (Å²) in [6.45, 7) is 3.65. The van der Waals surface area contributed by atoms with Crippen molar-refractivity contribution in [2.45, 2.75) is 26.4 Å². The Morgan fingerprint density at radius 3 is 2.43 bits per heavy atom. The second kappa shape index (κ2) is 6.12. The Morgan fingerprint density at radius 2 is 1.86 bits per heavy atom. The maximum absolute atomic E-state index is 12.6. The molecular formula is C17H16F3N. The minimum Gasteiger partial charge on any atom is -0.261 e. The van der Waals surface area contributed by atoms with Crippen LogP contribution in [-0.4, -0.2) is 4.98 Å². The van der Waals surface area contributed by atoms with Crippen LogP contribution in [0.25, 0.3) is 6.08 Å². The van der Waals surface area contributed by atoms with E-state index in [2.05, 4.69) is 4.98 Å². The number of aryl methyl sites for hydroxylation is 2. The zero-order valence-electron chi connectivity index (χ0n) is 11.9. The number of benzene rings is 1. The number of hydrogen-bond donors (Lipinski definition) is 0. The van der Waals surface area contributed by atoms with Crippen molar-refractivity contribution in [1.82, 2.24) is 4.98 Å². The molecule has 2 rings (SSSR count). The summed E-state index contributed by atoms with van der Waals surface area (Å²) in [6.07, 6.45) is 1.90. The molecule has 0 fully saturated rings. The topological polar surface area (TPSA) is 12.9 Å². The molecule has 21 heavy (non-hydrogen) atoms. The number of rotatable bonds is 3. The lowest BCUT2D eigenvalue weighted by molar-refractivity contribution is -0.137. The van der Waals surface area contributed by atoms with Crippen molar-refractivity contribution < 1.29 is 13.2 Å². The molecule has 1 heterocycles. The fourth-order valence-electron chi connectivity index (χ4n) is 1.96. The van der Waals surface area contributed by atoms with Crippen LogP contribution in [0.2, 0.25) is 0 Å².